The maximum atomic E-state index is 13.4. The van der Waals surface area contributed by atoms with Crippen molar-refractivity contribution in [3.05, 3.63) is 53.9 Å². The van der Waals surface area contributed by atoms with Gasteiger partial charge in [0.05, 0.1) is 12.1 Å². The summed E-state index contributed by atoms with van der Waals surface area (Å²) in [5, 5.41) is 49.2. The molecule has 1 saturated carbocycles. The van der Waals surface area contributed by atoms with E-state index < -0.39 is 41.5 Å². The highest BCUT2D eigenvalue weighted by Gasteiger charge is 2.47. The molecule has 9 atom stereocenters. The molecule has 2 fully saturated rings. The number of unbranched alkanes of at least 4 members (excludes halogenated alkanes) is 3. The van der Waals surface area contributed by atoms with Crippen LogP contribution in [-0.4, -0.2) is 127 Å². The van der Waals surface area contributed by atoms with E-state index in [1.807, 2.05) is 58.1 Å². The highest BCUT2D eigenvalue weighted by molar-refractivity contribution is 6.39. The van der Waals surface area contributed by atoms with E-state index in [2.05, 4.69) is 28.5 Å². The number of carbonyl (C=O) groups excluding carboxylic acids is 4. The third-order valence-corrected chi connectivity index (χ3v) is 13.5. The number of aromatic nitrogens is 4. The predicted octanol–water partition coefficient (Wildman–Crippen LogP) is 7.35. The van der Waals surface area contributed by atoms with Crippen molar-refractivity contribution in [3.63, 3.8) is 0 Å². The lowest BCUT2D eigenvalue weighted by Crippen LogP contribution is -2.57. The molecule has 2 aliphatic rings. The van der Waals surface area contributed by atoms with Crippen molar-refractivity contribution < 1.29 is 53.9 Å². The molecule has 6 unspecified atom stereocenters. The minimum absolute atomic E-state index is 0.0601. The molecule has 1 aromatic rings. The van der Waals surface area contributed by atoms with Gasteiger partial charge in [-0.15, -0.1) is 5.10 Å². The van der Waals surface area contributed by atoms with Gasteiger partial charge in [-0.25, -0.2) is 9.48 Å². The third kappa shape index (κ3) is 19.7. The zero-order valence-electron chi connectivity index (χ0n) is 41.8. The molecule has 2 heterocycles. The Kier molecular flexibility index (Phi) is 27.3. The Morgan fingerprint density at radius 3 is 2.25 bits per heavy atom. The number of aliphatic hydroxyl groups excluding tert-OH is 1. The molecule has 1 aliphatic carbocycles. The number of methoxy groups -OCH3 is 2. The predicted molar refractivity (Wildman–Crippen MR) is 256 cm³/mol. The fourth-order valence-electron chi connectivity index (χ4n) is 9.34. The average molecular weight is 942 g/mol. The number of allylic oxidation sites excluding steroid dienone is 7. The molecule has 378 valence electrons. The number of carboxylic acids is 1. The number of aliphatic carboxylic acids is 1. The number of hydrogen-bond donors (Lipinski definition) is 4. The zero-order valence-corrected chi connectivity index (χ0v) is 41.8. The van der Waals surface area contributed by atoms with Gasteiger partial charge in [0, 0.05) is 58.5 Å². The number of ether oxygens (including phenoxy) is 2. The molecule has 16 nitrogen and oxygen atoms in total. The van der Waals surface area contributed by atoms with Gasteiger partial charge in [0.25, 0.3) is 11.7 Å². The molecule has 0 spiro atoms. The lowest BCUT2D eigenvalue weighted by atomic mass is 9.81. The standard InChI is InChI=1S/C50H79N5O10.CH4O/c1-34(20-12-10-14-22-39(6)50(62,63)47(58)48(59)54-28-18-17-24-42(54)49(60)61)19-11-9-13-21-35(2)29-38(5)46(57)45(65-8)31-36(3)30-37(4)43(56)25-16-15-23-40-26-27-41(44(32-40)64-7)55-33-51-52-53-55;1-2/h9,11,13,19,21,30,33,35,37-42,44-45,62-63H,10,12,14-18,20,22-29,31-32H2,1-8H3,(H,60,61);2H,1H3/b11-9+,21-13+,34-19+,36-30+;/t35-,37-,38?,39?,40?,41?,42+,44?,45?;/m1./s1. The van der Waals surface area contributed by atoms with Gasteiger partial charge in [-0.05, 0) is 107 Å². The molecule has 3 rings (SSSR count). The average Bonchev–Trinajstić information content (AvgIpc) is 3.86. The number of carbonyl (C=O) groups is 5. The number of rotatable bonds is 29. The minimum atomic E-state index is -2.86. The van der Waals surface area contributed by atoms with E-state index in [0.717, 1.165) is 75.4 Å². The normalized spacial score (nSPS) is 21.9. The van der Waals surface area contributed by atoms with Crippen molar-refractivity contribution in [1.82, 2.24) is 25.1 Å². The second-order valence-electron chi connectivity index (χ2n) is 19.0. The van der Waals surface area contributed by atoms with Crippen molar-refractivity contribution in [2.45, 2.75) is 181 Å². The van der Waals surface area contributed by atoms with E-state index in [-0.39, 0.29) is 54.4 Å². The van der Waals surface area contributed by atoms with Crippen molar-refractivity contribution in [3.8, 4) is 0 Å². The van der Waals surface area contributed by atoms with Crippen LogP contribution < -0.4 is 0 Å². The number of carboxylic acid groups (broad SMARTS) is 1. The maximum Gasteiger partial charge on any atom is 0.326 e. The number of piperidine rings is 1. The molecule has 0 bridgehead atoms. The highest BCUT2D eigenvalue weighted by Crippen LogP contribution is 2.36. The number of tetrazole rings is 1. The van der Waals surface area contributed by atoms with E-state index in [1.165, 1.54) is 12.5 Å². The molecule has 0 aromatic carbocycles. The summed E-state index contributed by atoms with van der Waals surface area (Å²) in [6.45, 7) is 11.6. The van der Waals surface area contributed by atoms with Crippen LogP contribution in [0.15, 0.2) is 53.9 Å². The van der Waals surface area contributed by atoms with Gasteiger partial charge in [-0.1, -0.05) is 101 Å². The lowest BCUT2D eigenvalue weighted by molar-refractivity contribution is -0.205. The Labute approximate surface area is 399 Å². The van der Waals surface area contributed by atoms with E-state index in [1.54, 1.807) is 25.2 Å². The first kappa shape index (κ1) is 58.9. The minimum Gasteiger partial charge on any atom is -0.480 e. The molecule has 4 N–H and O–H groups in total. The van der Waals surface area contributed by atoms with Crippen LogP contribution >= 0.6 is 0 Å². The summed E-state index contributed by atoms with van der Waals surface area (Å²) in [6, 6.07) is -0.975. The van der Waals surface area contributed by atoms with Gasteiger partial charge in [-0.2, -0.15) is 0 Å². The van der Waals surface area contributed by atoms with Crippen LogP contribution in [0.5, 0.6) is 0 Å². The second kappa shape index (κ2) is 31.0. The Morgan fingerprint density at radius 1 is 0.881 bits per heavy atom. The Morgan fingerprint density at radius 2 is 1.60 bits per heavy atom. The van der Waals surface area contributed by atoms with Crippen LogP contribution in [-0.2, 0) is 33.4 Å². The maximum absolute atomic E-state index is 13.4. The van der Waals surface area contributed by atoms with Crippen molar-refractivity contribution >= 4 is 29.2 Å². The van der Waals surface area contributed by atoms with E-state index in [0.29, 0.717) is 50.9 Å². The van der Waals surface area contributed by atoms with Gasteiger partial charge < -0.3 is 34.8 Å². The molecule has 0 radical (unpaired) electrons. The van der Waals surface area contributed by atoms with Gasteiger partial charge in [0.1, 0.15) is 24.3 Å². The van der Waals surface area contributed by atoms with Crippen LogP contribution in [0.3, 0.4) is 0 Å². The van der Waals surface area contributed by atoms with E-state index in [9.17, 15) is 39.3 Å². The summed E-state index contributed by atoms with van der Waals surface area (Å²) in [6.07, 6.45) is 25.7. The van der Waals surface area contributed by atoms with Crippen LogP contribution in [0.1, 0.15) is 157 Å². The zero-order chi connectivity index (χ0) is 50.1. The van der Waals surface area contributed by atoms with Crippen molar-refractivity contribution in [2.75, 3.05) is 27.9 Å². The summed E-state index contributed by atoms with van der Waals surface area (Å²) in [5.74, 6) is -6.91. The second-order valence-corrected chi connectivity index (χ2v) is 19.0. The van der Waals surface area contributed by atoms with Crippen molar-refractivity contribution in [1.29, 1.82) is 0 Å². The highest BCUT2D eigenvalue weighted by atomic mass is 16.5. The number of likely N-dealkylation sites (tertiary alicyclic amines) is 1. The van der Waals surface area contributed by atoms with Gasteiger partial charge in [0.2, 0.25) is 5.79 Å². The Hall–Kier alpha value is -4.22. The summed E-state index contributed by atoms with van der Waals surface area (Å²) in [4.78, 5) is 64.5. The van der Waals surface area contributed by atoms with Crippen LogP contribution in [0.4, 0.5) is 0 Å². The number of nitrogens with zero attached hydrogens (tertiary/aromatic N) is 5. The van der Waals surface area contributed by atoms with Crippen molar-refractivity contribution in [2.24, 2.45) is 29.6 Å². The first-order chi connectivity index (χ1) is 31.9. The topological polar surface area (TPSA) is 232 Å². The van der Waals surface area contributed by atoms with Crippen LogP contribution in [0.25, 0.3) is 0 Å². The van der Waals surface area contributed by atoms with E-state index >= 15 is 0 Å². The van der Waals surface area contributed by atoms with Gasteiger partial charge in [0.15, 0.2) is 5.78 Å². The van der Waals surface area contributed by atoms with Gasteiger partial charge >= 0.3 is 5.97 Å². The number of aliphatic hydroxyl groups is 3. The third-order valence-electron chi connectivity index (χ3n) is 13.5. The molecular formula is C51H83N5O11. The smallest absolute Gasteiger partial charge is 0.326 e. The quantitative estimate of drug-likeness (QED) is 0.0202. The molecule has 1 amide bonds. The Bertz CT molecular complexity index is 1790. The number of Topliss-reactive ketones (excluding diaryl/α,β-unsaturated/α-hetero) is 3. The van der Waals surface area contributed by atoms with Crippen LogP contribution in [0.2, 0.25) is 0 Å². The summed E-state index contributed by atoms with van der Waals surface area (Å²) < 4.78 is 13.2. The molecule has 1 saturated heterocycles. The summed E-state index contributed by atoms with van der Waals surface area (Å²) >= 11 is 0. The summed E-state index contributed by atoms with van der Waals surface area (Å²) in [7, 11) is 4.31. The molecule has 1 aromatic heterocycles. The molecule has 67 heavy (non-hydrogen) atoms. The summed E-state index contributed by atoms with van der Waals surface area (Å²) in [5.41, 5.74) is 2.16. The fourth-order valence-corrected chi connectivity index (χ4v) is 9.34. The van der Waals surface area contributed by atoms with Crippen LogP contribution in [0, 0.1) is 29.6 Å². The molecule has 16 heteroatoms. The van der Waals surface area contributed by atoms with Gasteiger partial charge in [-0.3, -0.25) is 19.2 Å². The monoisotopic (exact) mass is 942 g/mol. The number of hydrogen-bond acceptors (Lipinski definition) is 13. The first-order valence-corrected chi connectivity index (χ1v) is 24.4. The largest absolute Gasteiger partial charge is 0.480 e. The Balaban J connectivity index is 0.00000760. The number of ketones is 3. The van der Waals surface area contributed by atoms with E-state index in [4.69, 9.17) is 14.6 Å². The lowest BCUT2D eigenvalue weighted by Gasteiger charge is -2.35. The molecule has 1 aliphatic heterocycles. The SMILES string of the molecule is CO.COC(C/C(C)=C/[C@@H](C)C(=O)CCCCC1CCC(n2cnnn2)C(OC)C1)C(=O)C(C)C[C@H](C)/C=C/C=C/C=C(\C)CCCCCC(C)C(O)(O)C(=O)C(=O)N1CCCC[C@H]1C(=O)O. The fraction of sp³-hybridized carbons (Fsp3) is 0.725. The first-order valence-electron chi connectivity index (χ1n) is 24.4. The number of amides is 1. The molecular weight excluding hydrogens is 859 g/mol.